The molecular weight excluding hydrogens is 532 g/mol. The number of nitrogen functional groups attached to an aromatic ring is 1. The Hall–Kier alpha value is -2.59. The van der Waals surface area contributed by atoms with Gasteiger partial charge < -0.3 is 21.5 Å². The molecule has 1 unspecified atom stereocenters. The number of halogens is 1. The highest BCUT2D eigenvalue weighted by molar-refractivity contribution is 8.11. The van der Waals surface area contributed by atoms with Crippen molar-refractivity contribution >= 4 is 45.7 Å². The van der Waals surface area contributed by atoms with E-state index in [0.29, 0.717) is 18.3 Å². The van der Waals surface area contributed by atoms with Crippen LogP contribution in [-0.4, -0.2) is 64.7 Å². The molecule has 1 saturated heterocycles. The number of aromatic nitrogens is 2. The van der Waals surface area contributed by atoms with Crippen LogP contribution in [0.2, 0.25) is 5.02 Å². The highest BCUT2D eigenvalue weighted by Crippen LogP contribution is 2.34. The molecule has 5 N–H and O–H groups in total. The first-order valence-electron chi connectivity index (χ1n) is 13.6. The van der Waals surface area contributed by atoms with Gasteiger partial charge in [-0.05, 0) is 75.2 Å². The smallest absolute Gasteiger partial charge is 0.270 e. The molecule has 0 saturated carbocycles. The number of aliphatic hydroxyl groups is 1. The number of carbonyl (C=O) groups excluding carboxylic acids is 1. The summed E-state index contributed by atoms with van der Waals surface area (Å²) in [6.45, 7) is 9.44. The average molecular weight is 573 g/mol. The summed E-state index contributed by atoms with van der Waals surface area (Å²) in [7, 11) is 0. The van der Waals surface area contributed by atoms with E-state index in [1.54, 1.807) is 6.92 Å². The molecule has 39 heavy (non-hydrogen) atoms. The second-order valence-corrected chi connectivity index (χ2v) is 11.4. The fraction of sp³-hybridized carbons (Fsp3) is 0.483. The van der Waals surface area contributed by atoms with Crippen molar-refractivity contribution in [2.45, 2.75) is 52.5 Å². The minimum atomic E-state index is -0.283. The molecule has 0 spiro atoms. The van der Waals surface area contributed by atoms with Gasteiger partial charge in [-0.3, -0.25) is 14.7 Å². The van der Waals surface area contributed by atoms with E-state index >= 15 is 0 Å². The molecule has 3 heterocycles. The first kappa shape index (κ1) is 30.9. The lowest BCUT2D eigenvalue weighted by Gasteiger charge is -2.32. The molecule has 0 aliphatic carbocycles. The number of likely N-dealkylation sites (tertiary alicyclic amines) is 1. The molecule has 1 atom stereocenters. The first-order chi connectivity index (χ1) is 18.8. The van der Waals surface area contributed by atoms with E-state index in [-0.39, 0.29) is 35.0 Å². The standard InChI is InChI=1S/C29H41ClN6O2S/c1-4-6-10-26(24-9-7-8-13-32-24)39-22(5-2)18-36-14-11-21(12-15-36)17-33-29(38)25-16-23(31)27(30)28(35-25)34-20(3)19-37/h5,7-10,13,16,20-21,37H,4,6,11-12,14-15,17-19H2,1-3H3,(H,33,38)(H3,31,34,35). The highest BCUT2D eigenvalue weighted by atomic mass is 35.5. The zero-order chi connectivity index (χ0) is 28.2. The van der Waals surface area contributed by atoms with Crippen molar-refractivity contribution in [3.05, 3.63) is 63.9 Å². The molecule has 1 fully saturated rings. The zero-order valence-electron chi connectivity index (χ0n) is 23.1. The van der Waals surface area contributed by atoms with Crippen molar-refractivity contribution in [2.24, 2.45) is 5.92 Å². The molecule has 0 radical (unpaired) electrons. The summed E-state index contributed by atoms with van der Waals surface area (Å²) in [6, 6.07) is 7.27. The minimum Gasteiger partial charge on any atom is -0.397 e. The van der Waals surface area contributed by atoms with Crippen molar-refractivity contribution in [1.82, 2.24) is 20.2 Å². The predicted molar refractivity (Wildman–Crippen MR) is 164 cm³/mol. The third-order valence-corrected chi connectivity index (χ3v) is 8.23. The van der Waals surface area contributed by atoms with Gasteiger partial charge in [-0.2, -0.15) is 0 Å². The Labute approximate surface area is 241 Å². The van der Waals surface area contributed by atoms with Gasteiger partial charge in [-0.15, -0.1) is 0 Å². The second kappa shape index (κ2) is 15.9. The van der Waals surface area contributed by atoms with Gasteiger partial charge >= 0.3 is 0 Å². The Kier molecular flexibility index (Phi) is 12.6. The Bertz CT molecular complexity index is 1140. The van der Waals surface area contributed by atoms with E-state index in [4.69, 9.17) is 17.3 Å². The summed E-state index contributed by atoms with van der Waals surface area (Å²) >= 11 is 8.04. The number of hydrogen-bond acceptors (Lipinski definition) is 8. The fourth-order valence-corrected chi connectivity index (χ4v) is 5.47. The van der Waals surface area contributed by atoms with Gasteiger partial charge in [-0.1, -0.05) is 54.9 Å². The third-order valence-electron chi connectivity index (χ3n) is 6.61. The molecule has 1 aliphatic heterocycles. The summed E-state index contributed by atoms with van der Waals surface area (Å²) in [5.74, 6) is 0.413. The predicted octanol–water partition coefficient (Wildman–Crippen LogP) is 5.42. The van der Waals surface area contributed by atoms with Crippen LogP contribution in [0.5, 0.6) is 0 Å². The van der Waals surface area contributed by atoms with Gasteiger partial charge in [0.15, 0.2) is 0 Å². The van der Waals surface area contributed by atoms with E-state index in [9.17, 15) is 9.90 Å². The monoisotopic (exact) mass is 572 g/mol. The van der Waals surface area contributed by atoms with Gasteiger partial charge in [0.05, 0.1) is 18.0 Å². The number of hydrogen-bond donors (Lipinski definition) is 4. The number of carbonyl (C=O) groups is 1. The summed E-state index contributed by atoms with van der Waals surface area (Å²) < 4.78 is 0. The van der Waals surface area contributed by atoms with E-state index in [1.165, 1.54) is 15.9 Å². The molecule has 8 nitrogen and oxygen atoms in total. The van der Waals surface area contributed by atoms with Crippen molar-refractivity contribution in [3.63, 3.8) is 0 Å². The normalized spacial score (nSPS) is 16.2. The molecule has 3 rings (SSSR count). The van der Waals surface area contributed by atoms with Gasteiger partial charge in [0.2, 0.25) is 0 Å². The summed E-state index contributed by atoms with van der Waals surface area (Å²) in [5, 5.41) is 15.5. The number of pyridine rings is 2. The minimum absolute atomic E-state index is 0.0950. The van der Waals surface area contributed by atoms with Crippen LogP contribution in [0.4, 0.5) is 11.5 Å². The number of amides is 1. The molecule has 1 amide bonds. The van der Waals surface area contributed by atoms with Crippen LogP contribution in [0.25, 0.3) is 4.91 Å². The highest BCUT2D eigenvalue weighted by Gasteiger charge is 2.22. The number of nitrogens with zero attached hydrogens (tertiary/aromatic N) is 3. The molecule has 2 aromatic heterocycles. The molecule has 0 aromatic carbocycles. The Morgan fingerprint density at radius 3 is 2.74 bits per heavy atom. The Morgan fingerprint density at radius 1 is 1.33 bits per heavy atom. The third kappa shape index (κ3) is 9.53. The number of nitrogens with two attached hydrogens (primary N) is 1. The van der Waals surface area contributed by atoms with Crippen molar-refractivity contribution < 1.29 is 9.90 Å². The number of piperidine rings is 1. The van der Waals surface area contributed by atoms with Crippen molar-refractivity contribution in [1.29, 1.82) is 0 Å². The number of unbranched alkanes of at least 4 members (excludes halogenated alkanes) is 1. The molecule has 1 aliphatic rings. The summed E-state index contributed by atoms with van der Waals surface area (Å²) in [5.41, 5.74) is 7.49. The van der Waals surface area contributed by atoms with E-state index < -0.39 is 0 Å². The number of aliphatic hydroxyl groups excluding tert-OH is 1. The van der Waals surface area contributed by atoms with Crippen LogP contribution >= 0.6 is 23.4 Å². The van der Waals surface area contributed by atoms with Crippen LogP contribution in [0.15, 0.2) is 47.5 Å². The van der Waals surface area contributed by atoms with Gasteiger partial charge in [-0.25, -0.2) is 4.98 Å². The maximum atomic E-state index is 12.8. The zero-order valence-corrected chi connectivity index (χ0v) is 24.7. The van der Waals surface area contributed by atoms with Crippen molar-refractivity contribution in [3.8, 4) is 0 Å². The average Bonchev–Trinajstić information content (AvgIpc) is 2.96. The fourth-order valence-electron chi connectivity index (χ4n) is 4.24. The number of thioether (sulfide) groups is 1. The quantitative estimate of drug-likeness (QED) is 0.251. The molecule has 10 heteroatoms. The van der Waals surface area contributed by atoms with E-state index in [1.807, 2.05) is 30.1 Å². The van der Waals surface area contributed by atoms with Crippen molar-refractivity contribution in [2.75, 3.05) is 43.8 Å². The topological polar surface area (TPSA) is 116 Å². The van der Waals surface area contributed by atoms with Gasteiger partial charge in [0.1, 0.15) is 16.5 Å². The van der Waals surface area contributed by atoms with E-state index in [0.717, 1.165) is 51.0 Å². The molecule has 0 bridgehead atoms. The number of allylic oxidation sites excluding steroid dienone is 2. The molecule has 212 valence electrons. The summed E-state index contributed by atoms with van der Waals surface area (Å²) in [4.78, 5) is 26.7. The number of anilines is 2. The summed E-state index contributed by atoms with van der Waals surface area (Å²) in [6.07, 6.45) is 10.5. The number of nitrogens with one attached hydrogen (secondary N) is 2. The number of rotatable bonds is 13. The first-order valence-corrected chi connectivity index (χ1v) is 14.8. The van der Waals surface area contributed by atoms with Crippen LogP contribution in [0, 0.1) is 5.92 Å². The second-order valence-electron chi connectivity index (χ2n) is 9.85. The van der Waals surface area contributed by atoms with Gasteiger partial charge in [0, 0.05) is 30.2 Å². The van der Waals surface area contributed by atoms with Gasteiger partial charge in [0.25, 0.3) is 5.91 Å². The lowest BCUT2D eigenvalue weighted by Crippen LogP contribution is -2.39. The van der Waals surface area contributed by atoms with Crippen LogP contribution in [0.3, 0.4) is 0 Å². The lowest BCUT2D eigenvalue weighted by atomic mass is 9.96. The van der Waals surface area contributed by atoms with Crippen LogP contribution in [0.1, 0.15) is 62.6 Å². The molecule has 2 aromatic rings. The SMILES string of the molecule is CC=C(CN1CCC(CNC(=O)c2cc(N)c(Cl)c(NC(C)CO)n2)CC1)SC(=CCCC)c1ccccn1. The maximum Gasteiger partial charge on any atom is 0.270 e. The van der Waals surface area contributed by atoms with Crippen LogP contribution < -0.4 is 16.4 Å². The maximum absolute atomic E-state index is 12.8. The Morgan fingerprint density at radius 2 is 2.10 bits per heavy atom. The molecular formula is C29H41ClN6O2S. The van der Waals surface area contributed by atoms with E-state index in [2.05, 4.69) is 57.6 Å². The van der Waals surface area contributed by atoms with Crippen LogP contribution in [-0.2, 0) is 0 Å². The largest absolute Gasteiger partial charge is 0.397 e. The Balaban J connectivity index is 1.50. The lowest BCUT2D eigenvalue weighted by molar-refractivity contribution is 0.0932.